The molecule has 5 aromatic carbocycles. The maximum absolute atomic E-state index is 13.2. The van der Waals surface area contributed by atoms with Gasteiger partial charge in [0.2, 0.25) is 17.6 Å². The summed E-state index contributed by atoms with van der Waals surface area (Å²) in [5.41, 5.74) is 14.5. The lowest BCUT2D eigenvalue weighted by Gasteiger charge is -2.23. The van der Waals surface area contributed by atoms with Crippen molar-refractivity contribution in [2.45, 2.75) is 130 Å². The number of amides is 2. The highest BCUT2D eigenvalue weighted by molar-refractivity contribution is 6.02. The number of pyridine rings is 1. The fourth-order valence-corrected chi connectivity index (χ4v) is 12.8. The van der Waals surface area contributed by atoms with Crippen LogP contribution in [-0.2, 0) is 32.0 Å². The van der Waals surface area contributed by atoms with E-state index in [-0.39, 0.29) is 61.0 Å². The summed E-state index contributed by atoms with van der Waals surface area (Å²) in [4.78, 5) is 88.1. The SMILES string of the molecule is CC(=O)N/C(C)=C/C1C(=O)c2ncc(C)n2-c2ncccc21.Cc1cc(C(=O)OCC(=O)Nc2ccccc2C)c(C)o1.O=C(CC[C@H]1CCC(c2ccccc2)C1)c1ccc2nc[nH]c2c1.O=C(Cc1ccc2c(c1)Cc1ccccc1-2)C[C@H]1CCC(F)(F)C1. The predicted octanol–water partition coefficient (Wildman–Crippen LogP) is 15.2. The molecule has 4 atom stereocenters. The summed E-state index contributed by atoms with van der Waals surface area (Å²) >= 11 is 0. The van der Waals surface area contributed by atoms with Crippen LogP contribution in [-0.4, -0.2) is 72.2 Å². The Hall–Kier alpha value is -9.77. The fraction of sp³-hybridized carbons (Fsp3) is 0.311. The second-order valence-corrected chi connectivity index (χ2v) is 24.2. The van der Waals surface area contributed by atoms with Crippen molar-refractivity contribution in [3.05, 3.63) is 232 Å². The van der Waals surface area contributed by atoms with Gasteiger partial charge in [0.25, 0.3) is 5.91 Å². The molecule has 5 heterocycles. The van der Waals surface area contributed by atoms with E-state index in [2.05, 4.69) is 85.2 Å². The molecular weight excluding hydrogens is 1150 g/mol. The maximum Gasteiger partial charge on any atom is 0.342 e. The van der Waals surface area contributed by atoms with Crippen LogP contribution in [0.25, 0.3) is 28.0 Å². The van der Waals surface area contributed by atoms with E-state index in [1.54, 1.807) is 68.3 Å². The van der Waals surface area contributed by atoms with Crippen molar-refractivity contribution in [1.29, 1.82) is 0 Å². The van der Waals surface area contributed by atoms with Crippen molar-refractivity contribution in [2.75, 3.05) is 11.9 Å². The number of imidazole rings is 2. The highest BCUT2D eigenvalue weighted by Gasteiger charge is 2.40. The molecule has 4 aliphatic rings. The number of aromatic nitrogens is 5. The average molecular weight is 1230 g/mol. The number of alkyl halides is 2. The van der Waals surface area contributed by atoms with Crippen LogP contribution in [0.1, 0.15) is 165 Å². The van der Waals surface area contributed by atoms with Gasteiger partial charge in [-0.25, -0.2) is 28.5 Å². The van der Waals surface area contributed by atoms with E-state index >= 15 is 0 Å². The normalized spacial score (nSPS) is 17.3. The third-order valence-electron chi connectivity index (χ3n) is 17.2. The minimum Gasteiger partial charge on any atom is -0.466 e. The van der Waals surface area contributed by atoms with Gasteiger partial charge in [0.05, 0.1) is 23.3 Å². The van der Waals surface area contributed by atoms with Crippen LogP contribution >= 0.6 is 0 Å². The quantitative estimate of drug-likeness (QED) is 0.0650. The minimum absolute atomic E-state index is 0.0674. The van der Waals surface area contributed by atoms with Crippen LogP contribution in [0.3, 0.4) is 0 Å². The smallest absolute Gasteiger partial charge is 0.342 e. The molecule has 2 unspecified atom stereocenters. The molecule has 13 rings (SSSR count). The van der Waals surface area contributed by atoms with E-state index in [9.17, 15) is 37.5 Å². The van der Waals surface area contributed by atoms with Crippen molar-refractivity contribution in [2.24, 2.45) is 11.8 Å². The molecule has 2 amide bonds. The molecule has 0 radical (unpaired) electrons. The topological polar surface area (TPSA) is 208 Å². The zero-order chi connectivity index (χ0) is 64.3. The van der Waals surface area contributed by atoms with Crippen molar-refractivity contribution < 1.29 is 46.7 Å². The molecule has 15 nitrogen and oxygen atoms in total. The first-order valence-electron chi connectivity index (χ1n) is 31.0. The molecule has 91 heavy (non-hydrogen) atoms. The number of allylic oxidation sites excluding steroid dienone is 2. The predicted molar refractivity (Wildman–Crippen MR) is 345 cm³/mol. The largest absolute Gasteiger partial charge is 0.466 e. The number of hydrogen-bond acceptors (Lipinski definition) is 11. The number of esters is 1. The van der Waals surface area contributed by atoms with Crippen molar-refractivity contribution in [3.63, 3.8) is 0 Å². The first-order valence-corrected chi connectivity index (χ1v) is 31.0. The Kier molecular flexibility index (Phi) is 20.3. The molecule has 0 spiro atoms. The second-order valence-electron chi connectivity index (χ2n) is 24.2. The Morgan fingerprint density at radius 2 is 1.57 bits per heavy atom. The Morgan fingerprint density at radius 3 is 2.33 bits per heavy atom. The highest BCUT2D eigenvalue weighted by Crippen LogP contribution is 2.42. The molecule has 2 saturated carbocycles. The molecule has 0 saturated heterocycles. The molecule has 3 aliphatic carbocycles. The number of para-hydroxylation sites is 1. The van der Waals surface area contributed by atoms with Gasteiger partial charge in [0.15, 0.2) is 18.2 Å². The molecule has 3 N–H and O–H groups in total. The lowest BCUT2D eigenvalue weighted by molar-refractivity contribution is -0.120. The Morgan fingerprint density at radius 1 is 0.802 bits per heavy atom. The first kappa shape index (κ1) is 64.2. The number of Topliss-reactive ketones (excluding diaryl/α,β-unsaturated/α-hetero) is 3. The number of fused-ring (bicyclic) bond motifs is 7. The Labute approximate surface area is 528 Å². The number of ether oxygens (including phenoxy) is 1. The van der Waals surface area contributed by atoms with Gasteiger partial charge in [-0.15, -0.1) is 0 Å². The van der Waals surface area contributed by atoms with E-state index in [4.69, 9.17) is 9.15 Å². The number of aromatic amines is 1. The third kappa shape index (κ3) is 16.2. The van der Waals surface area contributed by atoms with Gasteiger partial charge in [0, 0.05) is 79.6 Å². The van der Waals surface area contributed by atoms with Gasteiger partial charge in [-0.3, -0.25) is 28.5 Å². The average Bonchev–Trinajstić information content (AvgIpc) is 1.75. The van der Waals surface area contributed by atoms with Crippen LogP contribution in [0.4, 0.5) is 14.5 Å². The van der Waals surface area contributed by atoms with Crippen molar-refractivity contribution in [1.82, 2.24) is 29.8 Å². The molecule has 4 aromatic heterocycles. The Bertz CT molecular complexity index is 4180. The maximum atomic E-state index is 13.2. The summed E-state index contributed by atoms with van der Waals surface area (Å²) in [5.74, 6) is -0.546. The number of aryl methyl sites for hydroxylation is 4. The van der Waals surface area contributed by atoms with Crippen LogP contribution < -0.4 is 10.6 Å². The highest BCUT2D eigenvalue weighted by atomic mass is 19.3. The lowest BCUT2D eigenvalue weighted by atomic mass is 9.90. The zero-order valence-corrected chi connectivity index (χ0v) is 52.1. The summed E-state index contributed by atoms with van der Waals surface area (Å²) in [6.45, 7) is 10.1. The van der Waals surface area contributed by atoms with E-state index in [1.807, 2.05) is 74.5 Å². The molecule has 2 fully saturated rings. The molecular formula is C74H75F2N7O8. The third-order valence-corrected chi connectivity index (χ3v) is 17.2. The zero-order valence-electron chi connectivity index (χ0n) is 52.1. The van der Waals surface area contributed by atoms with Crippen LogP contribution in [0, 0.1) is 39.5 Å². The van der Waals surface area contributed by atoms with Crippen molar-refractivity contribution in [3.8, 4) is 16.9 Å². The number of H-pyrrole nitrogens is 1. The number of halogens is 2. The van der Waals surface area contributed by atoms with Gasteiger partial charge >= 0.3 is 5.97 Å². The monoisotopic (exact) mass is 1230 g/mol. The first-order chi connectivity index (χ1) is 43.7. The number of carbonyl (C=O) groups excluding carboxylic acids is 6. The number of carbonyl (C=O) groups is 6. The lowest BCUT2D eigenvalue weighted by Crippen LogP contribution is -2.26. The molecule has 17 heteroatoms. The van der Waals surface area contributed by atoms with Crippen LogP contribution in [0.2, 0.25) is 0 Å². The number of nitrogens with zero attached hydrogens (tertiary/aromatic N) is 4. The number of rotatable bonds is 15. The summed E-state index contributed by atoms with van der Waals surface area (Å²) < 4.78 is 38.5. The van der Waals surface area contributed by atoms with Crippen molar-refractivity contribution >= 4 is 51.9 Å². The van der Waals surface area contributed by atoms with E-state index in [0.29, 0.717) is 71.2 Å². The number of furan rings is 1. The standard InChI is InChI=1S/C21H20F2O.C21H22N2O.C16H16N4O2.C16H17NO4/c22-21(23)8-7-15(13-21)11-18(24)10-14-5-6-20-17(9-14)12-16-3-1-2-4-19(16)20;24-21(18-9-10-19-20(13-18)23-14-22-19)11-7-15-6-8-17(12-15)16-4-2-1-3-5-16;1-9(19-11(3)21)7-13-12-5-4-6-17-15(12)20-10(2)8-18-16(20)14(13)22;1-10-6-4-5-7-14(10)17-15(18)9-20-16(19)13-8-11(2)21-12(13)3/h1-6,9,15H,7-8,10-13H2;1-5,9-10,13-15,17H,6-8,11-12H2,(H,22,23);4-8,13H,1-3H3,(H,19,21);4-8H,9H2,1-3H3,(H,17,18)/b;;9-7+;/t15-;15-,17?;;/m11../s1. The summed E-state index contributed by atoms with van der Waals surface area (Å²) in [7, 11) is 0. The number of hydrogen-bond donors (Lipinski definition) is 3. The number of ketones is 3. The number of benzene rings is 5. The van der Waals surface area contributed by atoms with E-state index < -0.39 is 17.8 Å². The summed E-state index contributed by atoms with van der Waals surface area (Å²) in [6, 6.07) is 43.8. The molecule has 0 bridgehead atoms. The minimum atomic E-state index is -2.57. The van der Waals surface area contributed by atoms with E-state index in [0.717, 1.165) is 51.8 Å². The summed E-state index contributed by atoms with van der Waals surface area (Å²) in [5, 5.41) is 5.39. The fourth-order valence-electron chi connectivity index (χ4n) is 12.8. The molecule has 9 aromatic rings. The molecule has 1 aliphatic heterocycles. The van der Waals surface area contributed by atoms with E-state index in [1.165, 1.54) is 54.0 Å². The second kappa shape index (κ2) is 28.8. The van der Waals surface area contributed by atoms with Crippen LogP contribution in [0.5, 0.6) is 0 Å². The van der Waals surface area contributed by atoms with Gasteiger partial charge < -0.3 is 24.8 Å². The van der Waals surface area contributed by atoms with Gasteiger partial charge in [-0.1, -0.05) is 97.1 Å². The van der Waals surface area contributed by atoms with Gasteiger partial charge in [0.1, 0.15) is 28.7 Å². The number of nitrogens with one attached hydrogen (secondary N) is 3. The van der Waals surface area contributed by atoms with Gasteiger partial charge in [-0.2, -0.15) is 0 Å². The number of anilines is 1. The summed E-state index contributed by atoms with van der Waals surface area (Å²) in [6.07, 6.45) is 14.0. The van der Waals surface area contributed by atoms with Gasteiger partial charge in [-0.05, 0) is 172 Å². The Balaban J connectivity index is 0.000000133. The van der Waals surface area contributed by atoms with Crippen LogP contribution in [0.15, 0.2) is 168 Å². The molecule has 468 valence electrons.